The van der Waals surface area contributed by atoms with E-state index in [2.05, 4.69) is 148 Å². The predicted octanol–water partition coefficient (Wildman–Crippen LogP) is 25.2. The highest BCUT2D eigenvalue weighted by Gasteiger charge is 2.27. The topological polar surface area (TPSA) is 108 Å². The molecule has 0 heterocycles. The minimum atomic E-state index is -4.40. The summed E-state index contributed by atoms with van der Waals surface area (Å²) < 4.78 is 34.8. The molecule has 0 aliphatic carbocycles. The lowest BCUT2D eigenvalue weighted by molar-refractivity contribution is -0.870. The van der Waals surface area contributed by atoms with Crippen LogP contribution < -0.4 is 0 Å². The third-order valence-corrected chi connectivity index (χ3v) is 17.1. The maximum atomic E-state index is 12.9. The first kappa shape index (κ1) is 88.2. The fourth-order valence-corrected chi connectivity index (χ4v) is 11.1. The van der Waals surface area contributed by atoms with E-state index in [0.29, 0.717) is 17.4 Å². The van der Waals surface area contributed by atoms with E-state index < -0.39 is 26.5 Å². The van der Waals surface area contributed by atoms with Crippen molar-refractivity contribution in [1.29, 1.82) is 0 Å². The SMILES string of the molecule is CC/C=C\C/C=C\C/C=C\C/C=C\C/C=C\C/C=C\C/C=C\C/C=C\C/C=C\CCCCCCCCCCCCCC(=O)OC(COC(=O)CCCCCCCCCCCCCCCCCCC/C=C\C/C=C\CCCCCCC)COP(=O)(O)OCC[N+](C)(C)C. The second-order valence-corrected chi connectivity index (χ2v) is 27.8. The molecule has 10 heteroatoms. The Bertz CT molecular complexity index is 2020. The Labute approximate surface area is 568 Å². The summed E-state index contributed by atoms with van der Waals surface area (Å²) in [7, 11) is 1.47. The van der Waals surface area contributed by atoms with Gasteiger partial charge in [-0.3, -0.25) is 18.6 Å². The molecule has 0 aromatic heterocycles. The van der Waals surface area contributed by atoms with E-state index in [4.69, 9.17) is 18.5 Å². The first-order chi connectivity index (χ1) is 45.0. The molecule has 0 aromatic rings. The molecule has 0 rings (SSSR count). The summed E-state index contributed by atoms with van der Waals surface area (Å²) >= 11 is 0. The van der Waals surface area contributed by atoms with Crippen LogP contribution in [0.2, 0.25) is 0 Å². The van der Waals surface area contributed by atoms with Gasteiger partial charge < -0.3 is 18.9 Å². The smallest absolute Gasteiger partial charge is 0.462 e. The number of hydrogen-bond acceptors (Lipinski definition) is 7. The lowest BCUT2D eigenvalue weighted by atomic mass is 10.0. The summed E-state index contributed by atoms with van der Waals surface area (Å²) in [5.74, 6) is -0.796. The Morgan fingerprint density at radius 2 is 0.620 bits per heavy atom. The first-order valence-corrected chi connectivity index (χ1v) is 39.4. The van der Waals surface area contributed by atoms with Gasteiger partial charge in [-0.05, 0) is 116 Å². The van der Waals surface area contributed by atoms with E-state index in [1.807, 2.05) is 21.1 Å². The summed E-state index contributed by atoms with van der Waals surface area (Å²) in [6.07, 6.45) is 104. The number of rotatable bonds is 69. The maximum absolute atomic E-state index is 12.9. The van der Waals surface area contributed by atoms with Gasteiger partial charge in [-0.15, -0.1) is 0 Å². The van der Waals surface area contributed by atoms with Crippen molar-refractivity contribution in [3.63, 3.8) is 0 Å². The molecular weight excluding hydrogens is 1160 g/mol. The van der Waals surface area contributed by atoms with Crippen molar-refractivity contribution in [3.05, 3.63) is 134 Å². The molecule has 2 atom stereocenters. The Morgan fingerprint density at radius 1 is 0.348 bits per heavy atom. The molecule has 0 amide bonds. The number of carbonyl (C=O) groups is 2. The average Bonchev–Trinajstić information content (AvgIpc) is 2.14. The summed E-state index contributed by atoms with van der Waals surface area (Å²) in [6, 6.07) is 0. The van der Waals surface area contributed by atoms with Crippen molar-refractivity contribution in [3.8, 4) is 0 Å². The zero-order chi connectivity index (χ0) is 66.9. The van der Waals surface area contributed by atoms with Gasteiger partial charge in [-0.1, -0.05) is 327 Å². The van der Waals surface area contributed by atoms with Crippen LogP contribution in [-0.4, -0.2) is 74.9 Å². The highest BCUT2D eigenvalue weighted by molar-refractivity contribution is 7.47. The lowest BCUT2D eigenvalue weighted by Crippen LogP contribution is -2.37. The molecule has 0 spiro atoms. The zero-order valence-electron chi connectivity index (χ0n) is 60.2. The molecule has 0 fully saturated rings. The Kier molecular flexibility index (Phi) is 68.5. The molecule has 2 unspecified atom stereocenters. The van der Waals surface area contributed by atoms with Gasteiger partial charge in [-0.2, -0.15) is 0 Å². The van der Waals surface area contributed by atoms with E-state index in [1.165, 1.54) is 180 Å². The summed E-state index contributed by atoms with van der Waals surface area (Å²) in [5.41, 5.74) is 0. The lowest BCUT2D eigenvalue weighted by Gasteiger charge is -2.24. The maximum Gasteiger partial charge on any atom is 0.472 e. The number of phosphoric ester groups is 1. The van der Waals surface area contributed by atoms with Gasteiger partial charge in [0, 0.05) is 12.8 Å². The monoisotopic (exact) mass is 1300 g/mol. The fraction of sp³-hybridized carbons (Fsp3) is 0.707. The van der Waals surface area contributed by atoms with Crippen LogP contribution in [-0.2, 0) is 32.7 Å². The average molecular weight is 1300 g/mol. The number of carbonyl (C=O) groups excluding carboxylic acids is 2. The van der Waals surface area contributed by atoms with E-state index in [9.17, 15) is 19.0 Å². The van der Waals surface area contributed by atoms with Gasteiger partial charge in [0.15, 0.2) is 6.10 Å². The normalized spacial score (nSPS) is 13.8. The number of hydrogen-bond donors (Lipinski definition) is 1. The van der Waals surface area contributed by atoms with Crippen LogP contribution in [0.3, 0.4) is 0 Å². The molecule has 9 nitrogen and oxygen atoms in total. The fourth-order valence-electron chi connectivity index (χ4n) is 10.4. The largest absolute Gasteiger partial charge is 0.472 e. The molecule has 0 saturated heterocycles. The van der Waals surface area contributed by atoms with Crippen molar-refractivity contribution < 1.29 is 42.1 Å². The molecule has 92 heavy (non-hydrogen) atoms. The van der Waals surface area contributed by atoms with Gasteiger partial charge in [-0.25, -0.2) is 4.57 Å². The number of allylic oxidation sites excluding steroid dienone is 22. The quantitative estimate of drug-likeness (QED) is 0.0211. The third kappa shape index (κ3) is 75.2. The molecule has 0 saturated carbocycles. The number of phosphoric acid groups is 1. The Morgan fingerprint density at radius 3 is 0.924 bits per heavy atom. The van der Waals surface area contributed by atoms with E-state index in [-0.39, 0.29) is 32.0 Å². The molecule has 0 aromatic carbocycles. The van der Waals surface area contributed by atoms with Gasteiger partial charge in [0.1, 0.15) is 19.8 Å². The Balaban J connectivity index is 4.05. The Hall–Kier alpha value is -3.85. The van der Waals surface area contributed by atoms with E-state index >= 15 is 0 Å². The standard InChI is InChI=1S/C82H142NO8P/c1-6-8-10-12-14-16-18-20-22-24-26-28-30-32-34-36-37-38-39-40-41-42-43-44-45-47-49-51-53-55-57-59-61-63-65-67-69-71-73-75-82(85)91-80(79-90-92(86,87)89-77-76-83(3,4)5)78-88-81(84)74-72-70-68-66-64-62-60-58-56-54-52-50-48-46-35-33-31-29-27-25-23-21-19-17-15-13-11-9-7-2/h8,10,14,16,19-22,25-28,32,34,37-38,40-41,43-44,47,49,80H,6-7,9,11-13,15,17-18,23-24,29-31,33,35-36,39,42,45-46,48,50-79H2,1-5H3/p+1/b10-8-,16-14-,21-19-,22-20-,27-25-,28-26-,34-32-,38-37-,41-40-,44-43-,49-47-. The number of unbranched alkanes of at least 4 members (excludes halogenated alkanes) is 33. The van der Waals surface area contributed by atoms with Crippen LogP contribution in [0.5, 0.6) is 0 Å². The zero-order valence-corrected chi connectivity index (χ0v) is 61.1. The predicted molar refractivity (Wildman–Crippen MR) is 399 cm³/mol. The van der Waals surface area contributed by atoms with E-state index in [0.717, 1.165) is 109 Å². The molecular formula is C82H143NO8P+. The second kappa shape index (κ2) is 71.4. The molecule has 0 aliphatic heterocycles. The van der Waals surface area contributed by atoms with Crippen LogP contribution in [0.4, 0.5) is 0 Å². The highest BCUT2D eigenvalue weighted by atomic mass is 31.2. The highest BCUT2D eigenvalue weighted by Crippen LogP contribution is 2.43. The number of esters is 2. The number of quaternary nitrogens is 1. The summed E-state index contributed by atoms with van der Waals surface area (Å²) in [4.78, 5) is 35.9. The second-order valence-electron chi connectivity index (χ2n) is 26.3. The molecule has 1 N–H and O–H groups in total. The van der Waals surface area contributed by atoms with Gasteiger partial charge in [0.25, 0.3) is 0 Å². The van der Waals surface area contributed by atoms with Crippen molar-refractivity contribution in [1.82, 2.24) is 0 Å². The van der Waals surface area contributed by atoms with Gasteiger partial charge >= 0.3 is 19.8 Å². The van der Waals surface area contributed by atoms with Crippen LogP contribution in [0.1, 0.15) is 322 Å². The first-order valence-electron chi connectivity index (χ1n) is 37.9. The summed E-state index contributed by atoms with van der Waals surface area (Å²) in [6.45, 7) is 4.33. The number of nitrogens with zero attached hydrogens (tertiary/aromatic N) is 1. The molecule has 0 aliphatic rings. The molecule has 528 valence electrons. The van der Waals surface area contributed by atoms with Crippen molar-refractivity contribution in [2.45, 2.75) is 328 Å². The minimum Gasteiger partial charge on any atom is -0.462 e. The minimum absolute atomic E-state index is 0.0269. The van der Waals surface area contributed by atoms with Gasteiger partial charge in [0.2, 0.25) is 0 Å². The van der Waals surface area contributed by atoms with Crippen LogP contribution in [0.25, 0.3) is 0 Å². The van der Waals surface area contributed by atoms with E-state index in [1.54, 1.807) is 0 Å². The van der Waals surface area contributed by atoms with Crippen molar-refractivity contribution in [2.75, 3.05) is 47.5 Å². The van der Waals surface area contributed by atoms with Crippen LogP contribution >= 0.6 is 7.82 Å². The van der Waals surface area contributed by atoms with Gasteiger partial charge in [0.05, 0.1) is 27.7 Å². The van der Waals surface area contributed by atoms with Crippen molar-refractivity contribution in [2.24, 2.45) is 0 Å². The van der Waals surface area contributed by atoms with Crippen molar-refractivity contribution >= 4 is 19.8 Å². The van der Waals surface area contributed by atoms with Crippen LogP contribution in [0.15, 0.2) is 134 Å². The molecule has 0 radical (unpaired) electrons. The van der Waals surface area contributed by atoms with Crippen LogP contribution in [0, 0.1) is 0 Å². The molecule has 0 bridgehead atoms. The summed E-state index contributed by atoms with van der Waals surface area (Å²) in [5, 5.41) is 0. The number of likely N-dealkylation sites (N-methyl/N-ethyl adjacent to an activating group) is 1. The third-order valence-electron chi connectivity index (χ3n) is 16.2. The number of ether oxygens (including phenoxy) is 2.